The number of hydrogen-bond donors (Lipinski definition) is 2. The van der Waals surface area contributed by atoms with E-state index in [0.717, 1.165) is 16.7 Å². The Morgan fingerprint density at radius 1 is 1.38 bits per heavy atom. The lowest BCUT2D eigenvalue weighted by atomic mass is 10.2. The molecule has 1 aromatic heterocycles. The first-order chi connectivity index (χ1) is 10.2. The Balaban J connectivity index is 2.12. The number of carbonyl (C=O) groups excluding carboxylic acids is 2. The number of hydrogen-bond acceptors (Lipinski definition) is 4. The zero-order chi connectivity index (χ0) is 15.2. The van der Waals surface area contributed by atoms with Gasteiger partial charge in [-0.3, -0.25) is 4.79 Å². The average molecular weight is 306 g/mol. The van der Waals surface area contributed by atoms with Gasteiger partial charge in [0.05, 0.1) is 7.11 Å². The summed E-state index contributed by atoms with van der Waals surface area (Å²) in [6, 6.07) is 8.78. The lowest BCUT2D eigenvalue weighted by Gasteiger charge is -2.15. The maximum Gasteiger partial charge on any atom is 0.328 e. The summed E-state index contributed by atoms with van der Waals surface area (Å²) in [7, 11) is 1.32. The number of H-pyrrole nitrogens is 1. The summed E-state index contributed by atoms with van der Waals surface area (Å²) in [5.41, 5.74) is 1.33. The number of aromatic nitrogens is 1. The summed E-state index contributed by atoms with van der Waals surface area (Å²) < 4.78 is 4.73. The molecule has 0 saturated carbocycles. The molecule has 21 heavy (non-hydrogen) atoms. The number of para-hydroxylation sites is 1. The number of esters is 1. The standard InChI is InChI=1S/C15H18N2O3S/c1-20-15(19)12(7-8-21-2)17-14(18)13-9-10-5-3-4-6-11(10)16-13/h3-6,9,12,16H,7-8H2,1-2H3,(H,17,18)/t12-/m0/s1. The smallest absolute Gasteiger partial charge is 0.328 e. The SMILES string of the molecule is COC(=O)[C@H](CCSC)NC(=O)c1cc2ccccc2[nH]1. The quantitative estimate of drug-likeness (QED) is 0.803. The minimum absolute atomic E-state index is 0.303. The van der Waals surface area contributed by atoms with Gasteiger partial charge in [-0.15, -0.1) is 0 Å². The predicted octanol–water partition coefficient (Wildman–Crippen LogP) is 2.19. The topological polar surface area (TPSA) is 71.2 Å². The van der Waals surface area contributed by atoms with Gasteiger partial charge in [0.15, 0.2) is 0 Å². The predicted molar refractivity (Wildman–Crippen MR) is 84.6 cm³/mol. The maximum atomic E-state index is 12.3. The first-order valence-corrected chi connectivity index (χ1v) is 8.00. The van der Waals surface area contributed by atoms with Crippen LogP contribution in [0, 0.1) is 0 Å². The van der Waals surface area contributed by atoms with Gasteiger partial charge in [-0.1, -0.05) is 18.2 Å². The van der Waals surface area contributed by atoms with E-state index in [2.05, 4.69) is 10.3 Å². The van der Waals surface area contributed by atoms with Crippen LogP contribution in [0.5, 0.6) is 0 Å². The van der Waals surface area contributed by atoms with Crippen molar-refractivity contribution in [3.63, 3.8) is 0 Å². The number of fused-ring (bicyclic) bond motifs is 1. The lowest BCUT2D eigenvalue weighted by molar-refractivity contribution is -0.142. The van der Waals surface area contributed by atoms with E-state index in [1.165, 1.54) is 7.11 Å². The van der Waals surface area contributed by atoms with E-state index in [9.17, 15) is 9.59 Å². The third-order valence-electron chi connectivity index (χ3n) is 3.18. The van der Waals surface area contributed by atoms with Crippen LogP contribution in [-0.4, -0.2) is 42.0 Å². The molecule has 0 radical (unpaired) electrons. The Morgan fingerprint density at radius 2 is 2.14 bits per heavy atom. The molecule has 6 heteroatoms. The molecule has 2 rings (SSSR count). The van der Waals surface area contributed by atoms with E-state index in [1.807, 2.05) is 30.5 Å². The molecule has 1 heterocycles. The molecule has 1 atom stereocenters. The molecule has 0 aliphatic rings. The molecule has 1 amide bonds. The van der Waals surface area contributed by atoms with Crippen LogP contribution in [0.4, 0.5) is 0 Å². The summed E-state index contributed by atoms with van der Waals surface area (Å²) in [5, 5.41) is 3.68. The highest BCUT2D eigenvalue weighted by molar-refractivity contribution is 7.98. The van der Waals surface area contributed by atoms with Crippen LogP contribution >= 0.6 is 11.8 Å². The Hall–Kier alpha value is -1.95. The van der Waals surface area contributed by atoms with Gasteiger partial charge in [-0.25, -0.2) is 4.79 Å². The van der Waals surface area contributed by atoms with Crippen molar-refractivity contribution >= 4 is 34.5 Å². The lowest BCUT2D eigenvalue weighted by Crippen LogP contribution is -2.42. The molecule has 0 unspecified atom stereocenters. The maximum absolute atomic E-state index is 12.3. The van der Waals surface area contributed by atoms with Crippen molar-refractivity contribution in [3.05, 3.63) is 36.0 Å². The summed E-state index contributed by atoms with van der Waals surface area (Å²) in [6.07, 6.45) is 2.49. The number of aromatic amines is 1. The largest absolute Gasteiger partial charge is 0.467 e. The van der Waals surface area contributed by atoms with Crippen molar-refractivity contribution in [3.8, 4) is 0 Å². The highest BCUT2D eigenvalue weighted by Crippen LogP contribution is 2.15. The van der Waals surface area contributed by atoms with Crippen LogP contribution in [0.3, 0.4) is 0 Å². The second-order valence-electron chi connectivity index (χ2n) is 4.60. The average Bonchev–Trinajstić information content (AvgIpc) is 2.94. The van der Waals surface area contributed by atoms with E-state index in [-0.39, 0.29) is 5.91 Å². The Bertz CT molecular complexity index is 606. The first kappa shape index (κ1) is 15.4. The molecule has 0 aliphatic carbocycles. The van der Waals surface area contributed by atoms with Gasteiger partial charge in [0, 0.05) is 10.9 Å². The number of benzene rings is 1. The first-order valence-electron chi connectivity index (χ1n) is 6.61. The van der Waals surface area contributed by atoms with Crippen molar-refractivity contribution in [1.82, 2.24) is 10.3 Å². The molecule has 5 nitrogen and oxygen atoms in total. The molecule has 0 bridgehead atoms. The van der Waals surface area contributed by atoms with Gasteiger partial charge in [-0.2, -0.15) is 11.8 Å². The summed E-state index contributed by atoms with van der Waals surface area (Å²) >= 11 is 1.62. The van der Waals surface area contributed by atoms with Crippen LogP contribution in [0.25, 0.3) is 10.9 Å². The Kier molecular flexibility index (Phi) is 5.27. The number of nitrogens with one attached hydrogen (secondary N) is 2. The van der Waals surface area contributed by atoms with E-state index in [4.69, 9.17) is 4.74 Å². The van der Waals surface area contributed by atoms with Crippen LogP contribution in [0.2, 0.25) is 0 Å². The van der Waals surface area contributed by atoms with Gasteiger partial charge in [0.1, 0.15) is 11.7 Å². The van der Waals surface area contributed by atoms with Gasteiger partial charge in [0.25, 0.3) is 5.91 Å². The molecule has 0 saturated heterocycles. The minimum atomic E-state index is -0.624. The van der Waals surface area contributed by atoms with Crippen LogP contribution < -0.4 is 5.32 Å². The normalized spacial score (nSPS) is 12.1. The van der Waals surface area contributed by atoms with Gasteiger partial charge in [0.2, 0.25) is 0 Å². The zero-order valence-electron chi connectivity index (χ0n) is 12.0. The second kappa shape index (κ2) is 7.17. The third-order valence-corrected chi connectivity index (χ3v) is 3.82. The fraction of sp³-hybridized carbons (Fsp3) is 0.333. The van der Waals surface area contributed by atoms with Crippen molar-refractivity contribution in [2.45, 2.75) is 12.5 Å². The fourth-order valence-electron chi connectivity index (χ4n) is 2.06. The number of carbonyl (C=O) groups is 2. The summed E-state index contributed by atoms with van der Waals surface area (Å²) in [4.78, 5) is 27.0. The Morgan fingerprint density at radius 3 is 2.81 bits per heavy atom. The summed E-state index contributed by atoms with van der Waals surface area (Å²) in [6.45, 7) is 0. The van der Waals surface area contributed by atoms with Gasteiger partial charge in [-0.05, 0) is 30.6 Å². The van der Waals surface area contributed by atoms with Crippen molar-refractivity contribution in [1.29, 1.82) is 0 Å². The number of ether oxygens (including phenoxy) is 1. The van der Waals surface area contributed by atoms with E-state index in [1.54, 1.807) is 17.8 Å². The van der Waals surface area contributed by atoms with E-state index < -0.39 is 12.0 Å². The molecule has 2 N–H and O–H groups in total. The van der Waals surface area contributed by atoms with Gasteiger partial charge >= 0.3 is 5.97 Å². The zero-order valence-corrected chi connectivity index (χ0v) is 12.8. The molecule has 1 aromatic carbocycles. The number of rotatable bonds is 6. The molecule has 0 spiro atoms. The van der Waals surface area contributed by atoms with Gasteiger partial charge < -0.3 is 15.0 Å². The van der Waals surface area contributed by atoms with E-state index in [0.29, 0.717) is 12.1 Å². The number of amides is 1. The fourth-order valence-corrected chi connectivity index (χ4v) is 2.53. The van der Waals surface area contributed by atoms with Crippen molar-refractivity contribution in [2.75, 3.05) is 19.1 Å². The number of methoxy groups -OCH3 is 1. The monoisotopic (exact) mass is 306 g/mol. The highest BCUT2D eigenvalue weighted by Gasteiger charge is 2.22. The van der Waals surface area contributed by atoms with Crippen LogP contribution in [-0.2, 0) is 9.53 Å². The minimum Gasteiger partial charge on any atom is -0.467 e. The molecule has 0 aliphatic heterocycles. The summed E-state index contributed by atoms with van der Waals surface area (Å²) in [5.74, 6) is 0.0449. The highest BCUT2D eigenvalue weighted by atomic mass is 32.2. The van der Waals surface area contributed by atoms with Crippen LogP contribution in [0.1, 0.15) is 16.9 Å². The van der Waals surface area contributed by atoms with E-state index >= 15 is 0 Å². The molecule has 112 valence electrons. The molecule has 0 fully saturated rings. The molecular weight excluding hydrogens is 288 g/mol. The Labute approximate surface area is 127 Å². The number of thioether (sulfide) groups is 1. The van der Waals surface area contributed by atoms with Crippen molar-refractivity contribution < 1.29 is 14.3 Å². The van der Waals surface area contributed by atoms with Crippen LogP contribution in [0.15, 0.2) is 30.3 Å². The second-order valence-corrected chi connectivity index (χ2v) is 5.59. The van der Waals surface area contributed by atoms with Crippen molar-refractivity contribution in [2.24, 2.45) is 0 Å². The third kappa shape index (κ3) is 3.78. The molecule has 2 aromatic rings. The molecular formula is C15H18N2O3S.